The van der Waals surface area contributed by atoms with Gasteiger partial charge >= 0.3 is 0 Å². The van der Waals surface area contributed by atoms with Crippen LogP contribution in [0.15, 0.2) is 59.8 Å². The van der Waals surface area contributed by atoms with Gasteiger partial charge in [0.25, 0.3) is 0 Å². The fourth-order valence-corrected chi connectivity index (χ4v) is 2.15. The molecule has 1 atom stereocenters. The molecule has 0 N–H and O–H groups in total. The van der Waals surface area contributed by atoms with Crippen molar-refractivity contribution >= 4 is 12.0 Å². The molecule has 3 rings (SSSR count). The minimum Gasteiger partial charge on any atom is -0.387 e. The zero-order valence-corrected chi connectivity index (χ0v) is 10.3. The van der Waals surface area contributed by atoms with Crippen molar-refractivity contribution in [3.8, 4) is 0 Å². The molecule has 0 saturated carbocycles. The summed E-state index contributed by atoms with van der Waals surface area (Å²) in [7, 11) is 0. The average molecular weight is 251 g/mol. The normalized spacial score (nSPS) is 17.7. The van der Waals surface area contributed by atoms with Crippen LogP contribution in [0.25, 0.3) is 0 Å². The molecule has 2 aromatic rings. The lowest BCUT2D eigenvalue weighted by Crippen LogP contribution is -2.01. The highest BCUT2D eigenvalue weighted by Gasteiger charge is 2.23. The number of hydrogen-bond donors (Lipinski definition) is 0. The van der Waals surface area contributed by atoms with Crippen LogP contribution in [0.4, 0.5) is 0 Å². The fraction of sp³-hybridized carbons (Fsp3) is 0.125. The quantitative estimate of drug-likeness (QED) is 0.784. The van der Waals surface area contributed by atoms with Gasteiger partial charge in [0.15, 0.2) is 6.10 Å². The van der Waals surface area contributed by atoms with E-state index in [9.17, 15) is 4.79 Å². The molecule has 0 aromatic heterocycles. The van der Waals surface area contributed by atoms with E-state index < -0.39 is 0 Å². The smallest absolute Gasteiger partial charge is 0.158 e. The van der Waals surface area contributed by atoms with Crippen LogP contribution < -0.4 is 0 Å². The Hall–Kier alpha value is -2.42. The van der Waals surface area contributed by atoms with Crippen molar-refractivity contribution in [3.05, 3.63) is 71.3 Å². The van der Waals surface area contributed by atoms with Gasteiger partial charge in [0.2, 0.25) is 0 Å². The van der Waals surface area contributed by atoms with Gasteiger partial charge in [-0.1, -0.05) is 59.8 Å². The highest BCUT2D eigenvalue weighted by molar-refractivity contribution is 6.01. The third-order valence-electron chi connectivity index (χ3n) is 3.22. The number of carbonyl (C=O) groups is 1. The molecule has 0 saturated heterocycles. The Morgan fingerprint density at radius 3 is 2.47 bits per heavy atom. The monoisotopic (exact) mass is 251 g/mol. The van der Waals surface area contributed by atoms with Crippen LogP contribution in [0, 0.1) is 0 Å². The van der Waals surface area contributed by atoms with Gasteiger partial charge < -0.3 is 4.84 Å². The summed E-state index contributed by atoms with van der Waals surface area (Å²) >= 11 is 0. The molecule has 3 nitrogen and oxygen atoms in total. The van der Waals surface area contributed by atoms with Crippen molar-refractivity contribution in [2.45, 2.75) is 12.5 Å². The van der Waals surface area contributed by atoms with E-state index in [2.05, 4.69) is 5.16 Å². The van der Waals surface area contributed by atoms with Crippen molar-refractivity contribution in [2.24, 2.45) is 5.16 Å². The van der Waals surface area contributed by atoms with Crippen LogP contribution >= 0.6 is 0 Å². The largest absolute Gasteiger partial charge is 0.387 e. The Labute approximate surface area is 111 Å². The van der Waals surface area contributed by atoms with E-state index in [0.29, 0.717) is 5.56 Å². The van der Waals surface area contributed by atoms with Gasteiger partial charge in [0, 0.05) is 12.0 Å². The van der Waals surface area contributed by atoms with Gasteiger partial charge in [0.1, 0.15) is 6.29 Å². The molecule has 1 aliphatic rings. The first kappa shape index (κ1) is 11.7. The van der Waals surface area contributed by atoms with Crippen LogP contribution in [0.1, 0.15) is 34.0 Å². The number of rotatable bonds is 3. The van der Waals surface area contributed by atoms with Crippen LogP contribution in [0.2, 0.25) is 0 Å². The van der Waals surface area contributed by atoms with Crippen LogP contribution in [-0.2, 0) is 4.84 Å². The van der Waals surface area contributed by atoms with E-state index in [1.54, 1.807) is 12.1 Å². The summed E-state index contributed by atoms with van der Waals surface area (Å²) in [6.45, 7) is 0. The molecule has 0 spiro atoms. The molecular formula is C16H13NO2. The summed E-state index contributed by atoms with van der Waals surface area (Å²) in [6.07, 6.45) is 1.53. The number of aldehydes is 1. The molecule has 2 aromatic carbocycles. The Kier molecular flexibility index (Phi) is 3.11. The summed E-state index contributed by atoms with van der Waals surface area (Å²) in [6, 6.07) is 17.4. The lowest BCUT2D eigenvalue weighted by atomic mass is 10.00. The molecule has 1 unspecified atom stereocenters. The van der Waals surface area contributed by atoms with Crippen LogP contribution in [0.3, 0.4) is 0 Å². The summed E-state index contributed by atoms with van der Waals surface area (Å²) < 4.78 is 0. The van der Waals surface area contributed by atoms with Crippen LogP contribution in [0.5, 0.6) is 0 Å². The maximum atomic E-state index is 10.6. The number of oxime groups is 1. The molecule has 0 radical (unpaired) electrons. The molecule has 94 valence electrons. The Bertz CT molecular complexity index is 602. The molecule has 0 fully saturated rings. The van der Waals surface area contributed by atoms with E-state index in [1.807, 2.05) is 42.5 Å². The van der Waals surface area contributed by atoms with Gasteiger partial charge in [-0.3, -0.25) is 4.79 Å². The van der Waals surface area contributed by atoms with Crippen molar-refractivity contribution in [1.29, 1.82) is 0 Å². The first-order chi connectivity index (χ1) is 9.36. The van der Waals surface area contributed by atoms with Crippen molar-refractivity contribution in [1.82, 2.24) is 0 Å². The number of carbonyl (C=O) groups excluding carboxylic acids is 1. The SMILES string of the molecule is O=Cc1ccc(C2CC(c3ccccc3)=NO2)cc1. The third-order valence-corrected chi connectivity index (χ3v) is 3.22. The lowest BCUT2D eigenvalue weighted by molar-refractivity contribution is 0.0857. The fourth-order valence-electron chi connectivity index (χ4n) is 2.15. The van der Waals surface area contributed by atoms with E-state index in [-0.39, 0.29) is 6.10 Å². The molecule has 19 heavy (non-hydrogen) atoms. The maximum absolute atomic E-state index is 10.6. The van der Waals surface area contributed by atoms with E-state index >= 15 is 0 Å². The Morgan fingerprint density at radius 1 is 1.05 bits per heavy atom. The second-order valence-electron chi connectivity index (χ2n) is 4.49. The maximum Gasteiger partial charge on any atom is 0.158 e. The van der Waals surface area contributed by atoms with Crippen molar-refractivity contribution in [2.75, 3.05) is 0 Å². The second-order valence-corrected chi connectivity index (χ2v) is 4.49. The third kappa shape index (κ3) is 2.40. The van der Waals surface area contributed by atoms with E-state index in [0.717, 1.165) is 29.5 Å². The van der Waals surface area contributed by atoms with Gasteiger partial charge in [-0.05, 0) is 11.1 Å². The lowest BCUT2D eigenvalue weighted by Gasteiger charge is -2.08. The summed E-state index contributed by atoms with van der Waals surface area (Å²) in [5, 5.41) is 4.15. The molecule has 0 bridgehead atoms. The van der Waals surface area contributed by atoms with Crippen LogP contribution in [-0.4, -0.2) is 12.0 Å². The van der Waals surface area contributed by atoms with Gasteiger partial charge in [0.05, 0.1) is 5.71 Å². The topological polar surface area (TPSA) is 38.7 Å². The molecule has 1 heterocycles. The van der Waals surface area contributed by atoms with Crippen molar-refractivity contribution in [3.63, 3.8) is 0 Å². The first-order valence-corrected chi connectivity index (χ1v) is 6.20. The molecular weight excluding hydrogens is 238 g/mol. The zero-order valence-electron chi connectivity index (χ0n) is 10.3. The minimum atomic E-state index is -0.0593. The summed E-state index contributed by atoms with van der Waals surface area (Å²) in [4.78, 5) is 16.1. The van der Waals surface area contributed by atoms with Crippen molar-refractivity contribution < 1.29 is 9.63 Å². The molecule has 0 amide bonds. The standard InChI is InChI=1S/C16H13NO2/c18-11-12-6-8-14(9-7-12)16-10-15(17-19-16)13-4-2-1-3-5-13/h1-9,11,16H,10H2. The Balaban J connectivity index is 1.75. The zero-order chi connectivity index (χ0) is 13.1. The average Bonchev–Trinajstić information content (AvgIpc) is 2.98. The number of hydrogen-bond acceptors (Lipinski definition) is 3. The number of benzene rings is 2. The predicted molar refractivity (Wildman–Crippen MR) is 73.3 cm³/mol. The van der Waals surface area contributed by atoms with E-state index in [1.165, 1.54) is 0 Å². The highest BCUT2D eigenvalue weighted by Crippen LogP contribution is 2.29. The highest BCUT2D eigenvalue weighted by atomic mass is 16.6. The number of nitrogens with zero attached hydrogens (tertiary/aromatic N) is 1. The van der Waals surface area contributed by atoms with Gasteiger partial charge in [-0.25, -0.2) is 0 Å². The predicted octanol–water partition coefficient (Wildman–Crippen LogP) is 3.36. The Morgan fingerprint density at radius 2 is 1.79 bits per heavy atom. The first-order valence-electron chi connectivity index (χ1n) is 6.20. The van der Waals surface area contributed by atoms with Gasteiger partial charge in [-0.15, -0.1) is 0 Å². The summed E-state index contributed by atoms with van der Waals surface area (Å²) in [5.41, 5.74) is 3.77. The molecule has 3 heteroatoms. The van der Waals surface area contributed by atoms with E-state index in [4.69, 9.17) is 4.84 Å². The molecule has 1 aliphatic heterocycles. The minimum absolute atomic E-state index is 0.0593. The van der Waals surface area contributed by atoms with Gasteiger partial charge in [-0.2, -0.15) is 0 Å². The second kappa shape index (κ2) is 5.06. The molecule has 0 aliphatic carbocycles. The summed E-state index contributed by atoms with van der Waals surface area (Å²) in [5.74, 6) is 0.